The molecule has 2 N–H and O–H groups in total. The zero-order valence-electron chi connectivity index (χ0n) is 18.2. The number of para-hydroxylation sites is 1. The van der Waals surface area contributed by atoms with Crippen LogP contribution in [0.3, 0.4) is 0 Å². The van der Waals surface area contributed by atoms with E-state index in [4.69, 9.17) is 4.42 Å². The van der Waals surface area contributed by atoms with E-state index in [9.17, 15) is 9.59 Å². The summed E-state index contributed by atoms with van der Waals surface area (Å²) in [5, 5.41) is 14.6. The van der Waals surface area contributed by atoms with Crippen LogP contribution in [0.25, 0.3) is 11.6 Å². The Kier molecular flexibility index (Phi) is 6.89. The molecule has 2 heterocycles. The SMILES string of the molecule is CC(NC(=O)c1ccccc1NC(=O)CSc1nnc(-c2ccco2)n1C)c1ccccc1. The molecule has 0 bridgehead atoms. The monoisotopic (exact) mass is 461 g/mol. The van der Waals surface area contributed by atoms with Crippen LogP contribution in [0.1, 0.15) is 28.9 Å². The zero-order chi connectivity index (χ0) is 23.2. The molecule has 0 saturated heterocycles. The maximum atomic E-state index is 12.9. The Morgan fingerprint density at radius 3 is 2.55 bits per heavy atom. The van der Waals surface area contributed by atoms with Gasteiger partial charge in [-0.05, 0) is 36.8 Å². The minimum Gasteiger partial charge on any atom is -0.461 e. The van der Waals surface area contributed by atoms with Crippen LogP contribution >= 0.6 is 11.8 Å². The summed E-state index contributed by atoms with van der Waals surface area (Å²) in [5.41, 5.74) is 1.86. The first-order chi connectivity index (χ1) is 16.0. The first-order valence-electron chi connectivity index (χ1n) is 10.3. The number of benzene rings is 2. The number of furan rings is 1. The molecule has 0 fully saturated rings. The largest absolute Gasteiger partial charge is 0.461 e. The third kappa shape index (κ3) is 5.32. The van der Waals surface area contributed by atoms with Crippen LogP contribution in [-0.4, -0.2) is 32.3 Å². The molecule has 2 aromatic carbocycles. The third-order valence-corrected chi connectivity index (χ3v) is 6.02. The van der Waals surface area contributed by atoms with Gasteiger partial charge >= 0.3 is 0 Å². The van der Waals surface area contributed by atoms with Gasteiger partial charge in [-0.25, -0.2) is 0 Å². The number of hydrogen-bond acceptors (Lipinski definition) is 6. The predicted molar refractivity (Wildman–Crippen MR) is 127 cm³/mol. The van der Waals surface area contributed by atoms with Crippen molar-refractivity contribution in [3.05, 3.63) is 84.1 Å². The van der Waals surface area contributed by atoms with Gasteiger partial charge in [0.15, 0.2) is 16.7 Å². The number of nitrogens with one attached hydrogen (secondary N) is 2. The maximum Gasteiger partial charge on any atom is 0.253 e. The van der Waals surface area contributed by atoms with Gasteiger partial charge in [0.25, 0.3) is 5.91 Å². The number of nitrogens with zero attached hydrogens (tertiary/aromatic N) is 3. The van der Waals surface area contributed by atoms with E-state index >= 15 is 0 Å². The first kappa shape index (κ1) is 22.3. The predicted octanol–water partition coefficient (Wildman–Crippen LogP) is 4.30. The second kappa shape index (κ2) is 10.2. The number of thioether (sulfide) groups is 1. The van der Waals surface area contributed by atoms with E-state index in [1.165, 1.54) is 11.8 Å². The minimum absolute atomic E-state index is 0.112. The molecule has 1 atom stereocenters. The van der Waals surface area contributed by atoms with E-state index in [1.54, 1.807) is 47.2 Å². The molecule has 33 heavy (non-hydrogen) atoms. The van der Waals surface area contributed by atoms with Gasteiger partial charge in [-0.15, -0.1) is 10.2 Å². The quantitative estimate of drug-likeness (QED) is 0.380. The smallest absolute Gasteiger partial charge is 0.253 e. The van der Waals surface area contributed by atoms with Crippen molar-refractivity contribution in [1.29, 1.82) is 0 Å². The van der Waals surface area contributed by atoms with Crippen molar-refractivity contribution < 1.29 is 14.0 Å². The van der Waals surface area contributed by atoms with Gasteiger partial charge in [0.2, 0.25) is 5.91 Å². The molecule has 0 spiro atoms. The molecule has 2 amide bonds. The lowest BCUT2D eigenvalue weighted by Crippen LogP contribution is -2.28. The van der Waals surface area contributed by atoms with Crippen LogP contribution in [0.15, 0.2) is 82.6 Å². The molecule has 2 aromatic heterocycles. The van der Waals surface area contributed by atoms with Crippen LogP contribution in [0.2, 0.25) is 0 Å². The van der Waals surface area contributed by atoms with E-state index < -0.39 is 0 Å². The molecule has 9 heteroatoms. The highest BCUT2D eigenvalue weighted by Crippen LogP contribution is 2.23. The highest BCUT2D eigenvalue weighted by atomic mass is 32.2. The molecule has 4 aromatic rings. The van der Waals surface area contributed by atoms with E-state index in [1.807, 2.05) is 44.3 Å². The van der Waals surface area contributed by atoms with Gasteiger partial charge in [-0.2, -0.15) is 0 Å². The Labute approximate surface area is 195 Å². The Morgan fingerprint density at radius 1 is 1.03 bits per heavy atom. The van der Waals surface area contributed by atoms with Crippen molar-refractivity contribution in [3.8, 4) is 11.6 Å². The van der Waals surface area contributed by atoms with Gasteiger partial charge in [0.05, 0.1) is 29.3 Å². The van der Waals surface area contributed by atoms with Crippen molar-refractivity contribution in [1.82, 2.24) is 20.1 Å². The van der Waals surface area contributed by atoms with E-state index in [-0.39, 0.29) is 23.6 Å². The second-order valence-electron chi connectivity index (χ2n) is 7.33. The standard InChI is InChI=1S/C24H23N5O3S/c1-16(17-9-4-3-5-10-17)25-23(31)18-11-6-7-12-19(18)26-21(30)15-33-24-28-27-22(29(24)2)20-13-8-14-32-20/h3-14,16H,15H2,1-2H3,(H,25,31)(H,26,30). The average molecular weight is 462 g/mol. The molecule has 0 aliphatic heterocycles. The fourth-order valence-corrected chi connectivity index (χ4v) is 3.98. The summed E-state index contributed by atoms with van der Waals surface area (Å²) in [5.74, 6) is 0.786. The van der Waals surface area contributed by atoms with Crippen LogP contribution < -0.4 is 10.6 Å². The molecular weight excluding hydrogens is 438 g/mol. The molecule has 0 aliphatic carbocycles. The number of carbonyl (C=O) groups excluding carboxylic acids is 2. The summed E-state index contributed by atoms with van der Waals surface area (Å²) >= 11 is 1.25. The van der Waals surface area contributed by atoms with Crippen LogP contribution in [0.4, 0.5) is 5.69 Å². The first-order valence-corrected chi connectivity index (χ1v) is 11.3. The van der Waals surface area contributed by atoms with Gasteiger partial charge in [-0.1, -0.05) is 54.2 Å². The van der Waals surface area contributed by atoms with Crippen LogP contribution in [0, 0.1) is 0 Å². The Hall–Kier alpha value is -3.85. The highest BCUT2D eigenvalue weighted by molar-refractivity contribution is 7.99. The third-order valence-electron chi connectivity index (χ3n) is 5.00. The topological polar surface area (TPSA) is 102 Å². The molecule has 8 nitrogen and oxygen atoms in total. The van der Waals surface area contributed by atoms with Crippen molar-refractivity contribution >= 4 is 29.3 Å². The minimum atomic E-state index is -0.258. The lowest BCUT2D eigenvalue weighted by atomic mass is 10.1. The summed E-state index contributed by atoms with van der Waals surface area (Å²) in [4.78, 5) is 25.5. The lowest BCUT2D eigenvalue weighted by molar-refractivity contribution is -0.113. The van der Waals surface area contributed by atoms with Crippen LogP contribution in [-0.2, 0) is 11.8 Å². The molecule has 0 radical (unpaired) electrons. The van der Waals surface area contributed by atoms with Gasteiger partial charge < -0.3 is 19.6 Å². The average Bonchev–Trinajstić information content (AvgIpc) is 3.48. The lowest BCUT2D eigenvalue weighted by Gasteiger charge is -2.16. The fourth-order valence-electron chi connectivity index (χ4n) is 3.27. The van der Waals surface area contributed by atoms with Gasteiger partial charge in [0, 0.05) is 7.05 Å². The number of hydrogen-bond donors (Lipinski definition) is 2. The number of anilines is 1. The summed E-state index contributed by atoms with van der Waals surface area (Å²) in [6.45, 7) is 1.92. The summed E-state index contributed by atoms with van der Waals surface area (Å²) in [6.07, 6.45) is 1.57. The normalized spacial score (nSPS) is 11.7. The molecule has 168 valence electrons. The Balaban J connectivity index is 1.38. The number of aromatic nitrogens is 3. The van der Waals surface area contributed by atoms with Crippen LogP contribution in [0.5, 0.6) is 0 Å². The number of rotatable bonds is 8. The summed E-state index contributed by atoms with van der Waals surface area (Å²) in [7, 11) is 1.81. The van der Waals surface area contributed by atoms with E-state index in [0.29, 0.717) is 28.0 Å². The van der Waals surface area contributed by atoms with Gasteiger partial charge in [0.1, 0.15) is 0 Å². The molecule has 1 unspecified atom stereocenters. The fraction of sp³-hybridized carbons (Fsp3) is 0.167. The summed E-state index contributed by atoms with van der Waals surface area (Å²) < 4.78 is 7.13. The number of amides is 2. The van der Waals surface area contributed by atoms with E-state index in [2.05, 4.69) is 20.8 Å². The van der Waals surface area contributed by atoms with Gasteiger partial charge in [-0.3, -0.25) is 9.59 Å². The summed E-state index contributed by atoms with van der Waals surface area (Å²) in [6, 6.07) is 20.1. The van der Waals surface area contributed by atoms with Crippen molar-refractivity contribution in [2.45, 2.75) is 18.1 Å². The maximum absolute atomic E-state index is 12.9. The Morgan fingerprint density at radius 2 is 1.79 bits per heavy atom. The number of carbonyl (C=O) groups is 2. The van der Waals surface area contributed by atoms with Crippen molar-refractivity contribution in [3.63, 3.8) is 0 Å². The van der Waals surface area contributed by atoms with Crippen molar-refractivity contribution in [2.75, 3.05) is 11.1 Å². The molecule has 0 saturated carbocycles. The highest BCUT2D eigenvalue weighted by Gasteiger charge is 2.18. The van der Waals surface area contributed by atoms with E-state index in [0.717, 1.165) is 5.56 Å². The van der Waals surface area contributed by atoms with Crippen molar-refractivity contribution in [2.24, 2.45) is 7.05 Å². The molecule has 4 rings (SSSR count). The zero-order valence-corrected chi connectivity index (χ0v) is 19.0. The Bertz CT molecular complexity index is 1240. The second-order valence-corrected chi connectivity index (χ2v) is 8.27. The molecule has 0 aliphatic rings. The molecular formula is C24H23N5O3S.